The molecule has 7 atom stereocenters. The van der Waals surface area contributed by atoms with Gasteiger partial charge in [-0.3, -0.25) is 0 Å². The normalized spacial score (nSPS) is 32.7. The first-order valence-corrected chi connectivity index (χ1v) is 10.2. The number of fused-ring (bicyclic) bond motifs is 5. The van der Waals surface area contributed by atoms with E-state index >= 15 is 0 Å². The molecule has 5 rings (SSSR count). The maximum Gasteiger partial charge on any atom is 0.229 e. The summed E-state index contributed by atoms with van der Waals surface area (Å²) in [7, 11) is 1.47. The smallest absolute Gasteiger partial charge is 0.229 e. The third-order valence-corrected chi connectivity index (χ3v) is 6.17. The zero-order valence-electron chi connectivity index (χ0n) is 17.1. The van der Waals surface area contributed by atoms with Crippen LogP contribution in [0.15, 0.2) is 30.3 Å². The minimum absolute atomic E-state index is 0.0523. The zero-order chi connectivity index (χ0) is 22.6. The second-order valence-electron chi connectivity index (χ2n) is 8.01. The van der Waals surface area contributed by atoms with E-state index in [9.17, 15) is 25.5 Å². The van der Waals surface area contributed by atoms with E-state index in [1.165, 1.54) is 7.11 Å². The number of phenolic OH excluding ortho intramolecular Hbond substituents is 1. The lowest BCUT2D eigenvalue weighted by Gasteiger charge is -2.39. The molecule has 0 aromatic heterocycles. The highest BCUT2D eigenvalue weighted by Crippen LogP contribution is 2.56. The highest BCUT2D eigenvalue weighted by Gasteiger charge is 2.45. The van der Waals surface area contributed by atoms with Crippen LogP contribution in [-0.2, 0) is 4.74 Å². The maximum atomic E-state index is 10.4. The highest BCUT2D eigenvalue weighted by molar-refractivity contribution is 5.60. The fourth-order valence-corrected chi connectivity index (χ4v) is 4.41. The van der Waals surface area contributed by atoms with Crippen molar-refractivity contribution in [1.29, 1.82) is 0 Å². The molecule has 3 heterocycles. The van der Waals surface area contributed by atoms with E-state index < -0.39 is 37.3 Å². The number of rotatable bonds is 4. The van der Waals surface area contributed by atoms with Crippen molar-refractivity contribution >= 4 is 0 Å². The van der Waals surface area contributed by atoms with E-state index in [1.54, 1.807) is 24.3 Å². The Morgan fingerprint density at radius 3 is 2.56 bits per heavy atom. The van der Waals surface area contributed by atoms with Crippen LogP contribution in [0.25, 0.3) is 0 Å². The number of ether oxygens (including phenoxy) is 5. The number of hydrogen-bond donors (Lipinski definition) is 5. The monoisotopic (exact) mass is 448 g/mol. The van der Waals surface area contributed by atoms with Crippen molar-refractivity contribution in [3.8, 4) is 28.7 Å². The first-order valence-electron chi connectivity index (χ1n) is 10.2. The maximum absolute atomic E-state index is 10.4. The number of aliphatic hydroxyl groups excluding tert-OH is 4. The van der Waals surface area contributed by atoms with Crippen molar-refractivity contribution in [2.45, 2.75) is 42.7 Å². The third kappa shape index (κ3) is 3.23. The van der Waals surface area contributed by atoms with Gasteiger partial charge in [-0.1, -0.05) is 6.07 Å². The molecule has 1 fully saturated rings. The van der Waals surface area contributed by atoms with Gasteiger partial charge in [0.05, 0.1) is 26.2 Å². The van der Waals surface area contributed by atoms with E-state index in [0.29, 0.717) is 29.6 Å². The zero-order valence-corrected chi connectivity index (χ0v) is 17.1. The lowest BCUT2D eigenvalue weighted by atomic mass is 9.89. The van der Waals surface area contributed by atoms with Crippen molar-refractivity contribution in [3.63, 3.8) is 0 Å². The Balaban J connectivity index is 1.37. The van der Waals surface area contributed by atoms with Gasteiger partial charge in [-0.2, -0.15) is 0 Å². The van der Waals surface area contributed by atoms with Crippen LogP contribution in [0, 0.1) is 0 Å². The van der Waals surface area contributed by atoms with Crippen molar-refractivity contribution < 1.29 is 49.2 Å². The average Bonchev–Trinajstić information content (AvgIpc) is 3.19. The number of methoxy groups -OCH3 is 1. The Kier molecular flexibility index (Phi) is 5.26. The van der Waals surface area contributed by atoms with Crippen molar-refractivity contribution in [2.75, 3.05) is 20.3 Å². The largest absolute Gasteiger partial charge is 0.502 e. The van der Waals surface area contributed by atoms with Crippen molar-refractivity contribution in [2.24, 2.45) is 0 Å². The van der Waals surface area contributed by atoms with Crippen LogP contribution in [0.2, 0.25) is 0 Å². The number of hydrogen-bond acceptors (Lipinski definition) is 10. The van der Waals surface area contributed by atoms with Crippen molar-refractivity contribution in [3.05, 3.63) is 41.5 Å². The van der Waals surface area contributed by atoms with Crippen LogP contribution in [0.5, 0.6) is 28.7 Å². The Hall–Kier alpha value is -2.76. The predicted octanol–water partition coefficient (Wildman–Crippen LogP) is 0.189. The summed E-state index contributed by atoms with van der Waals surface area (Å²) < 4.78 is 28.2. The minimum Gasteiger partial charge on any atom is -0.502 e. The fraction of sp³-hybridized carbons (Fsp3) is 0.455. The Labute approximate surface area is 183 Å². The predicted molar refractivity (Wildman–Crippen MR) is 107 cm³/mol. The quantitative estimate of drug-likeness (QED) is 0.439. The summed E-state index contributed by atoms with van der Waals surface area (Å²) in [6.45, 7) is -0.226. The van der Waals surface area contributed by atoms with E-state index in [1.807, 2.05) is 6.07 Å². The van der Waals surface area contributed by atoms with Gasteiger partial charge in [-0.25, -0.2) is 0 Å². The van der Waals surface area contributed by atoms with Crippen LogP contribution in [0.1, 0.15) is 23.1 Å². The molecule has 0 aliphatic carbocycles. The summed E-state index contributed by atoms with van der Waals surface area (Å²) in [5, 5.41) is 49.8. The lowest BCUT2D eigenvalue weighted by Crippen LogP contribution is -2.60. The SMILES string of the molecule is COc1ccc2c(c1O)O[C@H]1c3ccc(O[C@@H]4O[C@H](CO)[C@@H](O)[C@H](O)[C@H]4O)cc3OC[C@@H]21. The van der Waals surface area contributed by atoms with Crippen molar-refractivity contribution in [1.82, 2.24) is 0 Å². The van der Waals surface area contributed by atoms with Gasteiger partial charge in [0.15, 0.2) is 11.5 Å². The molecule has 0 radical (unpaired) electrons. The molecular formula is C22H24O10. The summed E-state index contributed by atoms with van der Waals surface area (Å²) in [5.74, 6) is 1.35. The van der Waals surface area contributed by atoms with Crippen LogP contribution in [0.4, 0.5) is 0 Å². The van der Waals surface area contributed by atoms with E-state index in [2.05, 4.69) is 0 Å². The molecular weight excluding hydrogens is 424 g/mol. The summed E-state index contributed by atoms with van der Waals surface area (Å²) in [6.07, 6.45) is -7.24. The number of aromatic hydroxyl groups is 1. The molecule has 2 aromatic carbocycles. The molecule has 0 saturated carbocycles. The topological polar surface area (TPSA) is 147 Å². The summed E-state index contributed by atoms with van der Waals surface area (Å²) in [6, 6.07) is 8.54. The second-order valence-corrected chi connectivity index (χ2v) is 8.01. The van der Waals surface area contributed by atoms with Crippen LogP contribution in [-0.4, -0.2) is 76.6 Å². The minimum atomic E-state index is -1.53. The molecule has 10 heteroatoms. The van der Waals surface area contributed by atoms with Crippen LogP contribution < -0.4 is 18.9 Å². The molecule has 0 bridgehead atoms. The summed E-state index contributed by atoms with van der Waals surface area (Å²) >= 11 is 0. The Morgan fingerprint density at radius 1 is 1.03 bits per heavy atom. The molecule has 0 spiro atoms. The first kappa shape index (κ1) is 21.1. The molecule has 3 aliphatic heterocycles. The molecule has 3 aliphatic rings. The number of benzene rings is 2. The average molecular weight is 448 g/mol. The molecule has 0 amide bonds. The van der Waals surface area contributed by atoms with Gasteiger partial charge in [0.2, 0.25) is 12.0 Å². The molecule has 10 nitrogen and oxygen atoms in total. The Bertz CT molecular complexity index is 1010. The fourth-order valence-electron chi connectivity index (χ4n) is 4.41. The molecule has 1 saturated heterocycles. The molecule has 32 heavy (non-hydrogen) atoms. The first-order chi connectivity index (χ1) is 15.4. The Morgan fingerprint density at radius 2 is 1.81 bits per heavy atom. The van der Waals surface area contributed by atoms with Gasteiger partial charge < -0.3 is 49.2 Å². The van der Waals surface area contributed by atoms with E-state index in [-0.39, 0.29) is 17.8 Å². The molecule has 5 N–H and O–H groups in total. The van der Waals surface area contributed by atoms with Crippen LogP contribution in [0.3, 0.4) is 0 Å². The second kappa shape index (κ2) is 7.98. The van der Waals surface area contributed by atoms with E-state index in [4.69, 9.17) is 23.7 Å². The van der Waals surface area contributed by atoms with Gasteiger partial charge in [-0.05, 0) is 18.2 Å². The number of phenols is 1. The van der Waals surface area contributed by atoms with Gasteiger partial charge >= 0.3 is 0 Å². The summed E-state index contributed by atoms with van der Waals surface area (Å²) in [4.78, 5) is 0. The third-order valence-electron chi connectivity index (χ3n) is 6.17. The lowest BCUT2D eigenvalue weighted by molar-refractivity contribution is -0.277. The van der Waals surface area contributed by atoms with Crippen LogP contribution >= 0.6 is 0 Å². The standard InChI is InChI=1S/C22H24O10/c1-28-13-5-4-10-12-8-29-14-6-9(2-3-11(14)20(12)32-21(10)17(13)25)30-22-19(27)18(26)16(24)15(7-23)31-22/h2-6,12,15-16,18-20,22-27H,7-8H2,1H3/t12-,15+,16+,18-,19+,20-,22+/m0/s1. The van der Waals surface area contributed by atoms with Gasteiger partial charge in [-0.15, -0.1) is 0 Å². The highest BCUT2D eigenvalue weighted by atomic mass is 16.7. The molecule has 0 unspecified atom stereocenters. The summed E-state index contributed by atoms with van der Waals surface area (Å²) in [5.41, 5.74) is 1.59. The van der Waals surface area contributed by atoms with E-state index in [0.717, 1.165) is 11.1 Å². The van der Waals surface area contributed by atoms with Gasteiger partial charge in [0.1, 0.15) is 42.0 Å². The molecule has 2 aromatic rings. The van der Waals surface area contributed by atoms with Gasteiger partial charge in [0, 0.05) is 17.2 Å². The van der Waals surface area contributed by atoms with Gasteiger partial charge in [0.25, 0.3) is 0 Å². The number of aliphatic hydroxyl groups is 4. The molecule has 172 valence electrons.